The van der Waals surface area contributed by atoms with E-state index in [1.165, 1.54) is 0 Å². The van der Waals surface area contributed by atoms with E-state index in [0.717, 1.165) is 0 Å². The molecule has 0 aromatic heterocycles. The molecule has 0 radical (unpaired) electrons. The summed E-state index contributed by atoms with van der Waals surface area (Å²) in [5, 5.41) is 2.48. The molecule has 0 aromatic carbocycles. The number of amides is 1. The lowest BCUT2D eigenvalue weighted by Gasteiger charge is -2.28. The molecule has 1 heterocycles. The third-order valence-electron chi connectivity index (χ3n) is 2.00. The maximum atomic E-state index is 11.0. The molecule has 1 atom stereocenters. The van der Waals surface area contributed by atoms with Crippen LogP contribution in [0.3, 0.4) is 0 Å². The molecule has 1 aliphatic heterocycles. The monoisotopic (exact) mass is 202 g/mol. The Bertz CT molecular complexity index is 252. The first-order valence-electron chi connectivity index (χ1n) is 4.32. The first kappa shape index (κ1) is 10.8. The fourth-order valence-corrected chi connectivity index (χ4v) is 1.18. The number of hydrogen-bond acceptors (Lipinski definition) is 5. The highest BCUT2D eigenvalue weighted by Crippen LogP contribution is 2.20. The lowest BCUT2D eigenvalue weighted by atomic mass is 10.0. The molecule has 80 valence electrons. The number of alkyl carbamates (subject to hydrolysis) is 1. The Kier molecular flexibility index (Phi) is 2.95. The van der Waals surface area contributed by atoms with Crippen molar-refractivity contribution in [2.24, 2.45) is 5.73 Å². The summed E-state index contributed by atoms with van der Waals surface area (Å²) in [5.74, 6) is -0.516. The zero-order chi connectivity index (χ0) is 10.8. The van der Waals surface area contributed by atoms with E-state index >= 15 is 0 Å². The first-order valence-corrected chi connectivity index (χ1v) is 4.32. The maximum absolute atomic E-state index is 11.0. The van der Waals surface area contributed by atoms with Crippen LogP contribution < -0.4 is 11.1 Å². The van der Waals surface area contributed by atoms with Crippen LogP contribution in [0.1, 0.15) is 13.8 Å². The van der Waals surface area contributed by atoms with Crippen LogP contribution in [0.4, 0.5) is 4.79 Å². The van der Waals surface area contributed by atoms with Crippen LogP contribution in [0.5, 0.6) is 0 Å². The van der Waals surface area contributed by atoms with Gasteiger partial charge in [0.05, 0.1) is 13.1 Å². The predicted octanol–water partition coefficient (Wildman–Crippen LogP) is -0.625. The maximum Gasteiger partial charge on any atom is 0.407 e. The Balaban J connectivity index is 2.56. The quantitative estimate of drug-likeness (QED) is 0.595. The topological polar surface area (TPSA) is 90.6 Å². The van der Waals surface area contributed by atoms with E-state index < -0.39 is 23.8 Å². The lowest BCUT2D eigenvalue weighted by Crippen LogP contribution is -2.44. The van der Waals surface area contributed by atoms with Crippen LogP contribution in [-0.4, -0.2) is 36.9 Å². The van der Waals surface area contributed by atoms with Crippen molar-refractivity contribution < 1.29 is 19.1 Å². The molecular formula is C8H14N2O4. The smallest absolute Gasteiger partial charge is 0.407 e. The summed E-state index contributed by atoms with van der Waals surface area (Å²) in [4.78, 5) is 21.7. The highest BCUT2D eigenvalue weighted by atomic mass is 16.6. The SMILES string of the molecule is CC(C)(OC(=O)CN)[C@@H]1CNC(=O)O1. The normalized spacial score (nSPS) is 21.4. The fraction of sp³-hybridized carbons (Fsp3) is 0.750. The second-order valence-electron chi connectivity index (χ2n) is 3.56. The van der Waals surface area contributed by atoms with Gasteiger partial charge in [0.15, 0.2) is 6.10 Å². The van der Waals surface area contributed by atoms with Crippen molar-refractivity contribution in [3.05, 3.63) is 0 Å². The van der Waals surface area contributed by atoms with Crippen molar-refractivity contribution in [2.45, 2.75) is 25.6 Å². The molecule has 0 aromatic rings. The van der Waals surface area contributed by atoms with Gasteiger partial charge in [-0.25, -0.2) is 4.79 Å². The molecule has 0 bridgehead atoms. The van der Waals surface area contributed by atoms with Gasteiger partial charge in [0.2, 0.25) is 0 Å². The van der Waals surface area contributed by atoms with E-state index in [4.69, 9.17) is 15.2 Å². The molecule has 1 amide bonds. The zero-order valence-corrected chi connectivity index (χ0v) is 8.20. The molecule has 6 heteroatoms. The predicted molar refractivity (Wildman–Crippen MR) is 47.5 cm³/mol. The molecule has 0 saturated carbocycles. The molecule has 1 aliphatic rings. The highest BCUT2D eigenvalue weighted by Gasteiger charge is 2.39. The number of carbonyl (C=O) groups excluding carboxylic acids is 2. The Morgan fingerprint density at radius 1 is 1.79 bits per heavy atom. The van der Waals surface area contributed by atoms with Gasteiger partial charge in [-0.1, -0.05) is 0 Å². The second kappa shape index (κ2) is 3.83. The number of ether oxygens (including phenoxy) is 2. The van der Waals surface area contributed by atoms with E-state index in [2.05, 4.69) is 5.32 Å². The number of nitrogens with two attached hydrogens (primary N) is 1. The summed E-state index contributed by atoms with van der Waals surface area (Å²) >= 11 is 0. The zero-order valence-electron chi connectivity index (χ0n) is 8.20. The molecule has 0 aliphatic carbocycles. The Morgan fingerprint density at radius 2 is 2.43 bits per heavy atom. The van der Waals surface area contributed by atoms with Gasteiger partial charge in [-0.05, 0) is 13.8 Å². The highest BCUT2D eigenvalue weighted by molar-refractivity contribution is 5.72. The average Bonchev–Trinajstić information content (AvgIpc) is 2.51. The van der Waals surface area contributed by atoms with Gasteiger partial charge in [-0.2, -0.15) is 0 Å². The number of cyclic esters (lactones) is 1. The van der Waals surface area contributed by atoms with Crippen molar-refractivity contribution in [1.29, 1.82) is 0 Å². The number of hydrogen-bond donors (Lipinski definition) is 2. The molecule has 6 nitrogen and oxygen atoms in total. The molecule has 1 rings (SSSR count). The summed E-state index contributed by atoms with van der Waals surface area (Å²) in [5.41, 5.74) is 4.26. The van der Waals surface area contributed by atoms with Gasteiger partial charge < -0.3 is 20.5 Å². The summed E-state index contributed by atoms with van der Waals surface area (Å²) in [7, 11) is 0. The summed E-state index contributed by atoms with van der Waals surface area (Å²) in [6, 6.07) is 0. The van der Waals surface area contributed by atoms with E-state index in [-0.39, 0.29) is 6.54 Å². The fourth-order valence-electron chi connectivity index (χ4n) is 1.18. The van der Waals surface area contributed by atoms with Crippen molar-refractivity contribution in [2.75, 3.05) is 13.1 Å². The van der Waals surface area contributed by atoms with Crippen molar-refractivity contribution >= 4 is 12.1 Å². The summed E-state index contributed by atoms with van der Waals surface area (Å²) in [6.07, 6.45) is -0.961. The number of nitrogens with one attached hydrogen (secondary N) is 1. The second-order valence-corrected chi connectivity index (χ2v) is 3.56. The average molecular weight is 202 g/mol. The van der Waals surface area contributed by atoms with Crippen LogP contribution in [-0.2, 0) is 14.3 Å². The number of rotatable bonds is 3. The van der Waals surface area contributed by atoms with E-state index in [1.54, 1.807) is 13.8 Å². The Hall–Kier alpha value is -1.30. The molecule has 0 spiro atoms. The number of carbonyl (C=O) groups is 2. The summed E-state index contributed by atoms with van der Waals surface area (Å²) in [6.45, 7) is 3.50. The van der Waals surface area contributed by atoms with Crippen LogP contribution in [0.25, 0.3) is 0 Å². The Morgan fingerprint density at radius 3 is 2.86 bits per heavy atom. The van der Waals surface area contributed by atoms with Crippen LogP contribution in [0.15, 0.2) is 0 Å². The molecule has 14 heavy (non-hydrogen) atoms. The van der Waals surface area contributed by atoms with Crippen LogP contribution in [0, 0.1) is 0 Å². The minimum Gasteiger partial charge on any atom is -0.455 e. The minimum absolute atomic E-state index is 0.183. The van der Waals surface area contributed by atoms with Crippen LogP contribution in [0.2, 0.25) is 0 Å². The molecular weight excluding hydrogens is 188 g/mol. The van der Waals surface area contributed by atoms with E-state index in [0.29, 0.717) is 6.54 Å². The standard InChI is InChI=1S/C8H14N2O4/c1-8(2,14-6(11)3-9)5-4-10-7(12)13-5/h5H,3-4,9H2,1-2H3,(H,10,12)/t5-/m0/s1. The van der Waals surface area contributed by atoms with E-state index in [1.807, 2.05) is 0 Å². The van der Waals surface area contributed by atoms with Gasteiger partial charge in [-0.15, -0.1) is 0 Å². The van der Waals surface area contributed by atoms with Gasteiger partial charge in [0.25, 0.3) is 0 Å². The van der Waals surface area contributed by atoms with Gasteiger partial charge in [0.1, 0.15) is 5.60 Å². The minimum atomic E-state index is -0.852. The third-order valence-corrected chi connectivity index (χ3v) is 2.00. The summed E-state index contributed by atoms with van der Waals surface area (Å²) < 4.78 is 9.94. The largest absolute Gasteiger partial charge is 0.455 e. The van der Waals surface area contributed by atoms with Gasteiger partial charge in [0, 0.05) is 0 Å². The van der Waals surface area contributed by atoms with Crippen molar-refractivity contribution in [1.82, 2.24) is 5.32 Å². The van der Waals surface area contributed by atoms with Crippen molar-refractivity contribution in [3.8, 4) is 0 Å². The van der Waals surface area contributed by atoms with Crippen molar-refractivity contribution in [3.63, 3.8) is 0 Å². The molecule has 3 N–H and O–H groups in total. The lowest BCUT2D eigenvalue weighted by molar-refractivity contribution is -0.163. The number of esters is 1. The van der Waals surface area contributed by atoms with Crippen LogP contribution >= 0.6 is 0 Å². The van der Waals surface area contributed by atoms with Gasteiger partial charge >= 0.3 is 12.1 Å². The molecule has 0 unspecified atom stereocenters. The first-order chi connectivity index (χ1) is 6.45. The van der Waals surface area contributed by atoms with Gasteiger partial charge in [-0.3, -0.25) is 4.79 Å². The molecule has 1 saturated heterocycles. The third kappa shape index (κ3) is 2.35. The Labute approximate surface area is 81.7 Å². The van der Waals surface area contributed by atoms with E-state index in [9.17, 15) is 9.59 Å². The molecule has 1 fully saturated rings.